The Bertz CT molecular complexity index is 212. The van der Waals surface area contributed by atoms with Crippen LogP contribution in [0.1, 0.15) is 60.3 Å². The Labute approximate surface area is 127 Å². The Balaban J connectivity index is 3.57. The first kappa shape index (κ1) is 19.9. The molecule has 1 N–H and O–H groups in total. The number of rotatable bonds is 12. The van der Waals surface area contributed by atoms with Gasteiger partial charge in [0, 0.05) is 25.7 Å². The minimum Gasteiger partial charge on any atom is -0.383 e. The van der Waals surface area contributed by atoms with Gasteiger partial charge in [0.25, 0.3) is 0 Å². The molecule has 0 aliphatic rings. The van der Waals surface area contributed by atoms with E-state index in [-0.39, 0.29) is 5.54 Å². The molecular weight excluding hydrogens is 248 g/mol. The number of nitrogens with one attached hydrogen (secondary N) is 1. The quantitative estimate of drug-likeness (QED) is 0.555. The standard InChI is InChI=1S/C17H38N2O/c1-16(2)15-19(13-14-20-6)12-10-8-7-9-11-18-17(3,4)5/h16,18H,7-15H2,1-6H3. The second-order valence-electron chi connectivity index (χ2n) is 7.28. The predicted molar refractivity (Wildman–Crippen MR) is 89.4 cm³/mol. The van der Waals surface area contributed by atoms with Gasteiger partial charge in [0.2, 0.25) is 0 Å². The average molecular weight is 287 g/mol. The van der Waals surface area contributed by atoms with E-state index in [9.17, 15) is 0 Å². The summed E-state index contributed by atoms with van der Waals surface area (Å²) in [4.78, 5) is 2.54. The summed E-state index contributed by atoms with van der Waals surface area (Å²) in [5.41, 5.74) is 0.258. The molecule has 0 atom stereocenters. The number of hydrogen-bond donors (Lipinski definition) is 1. The van der Waals surface area contributed by atoms with Crippen LogP contribution in [0.5, 0.6) is 0 Å². The van der Waals surface area contributed by atoms with Crippen LogP contribution in [0.2, 0.25) is 0 Å². The fraction of sp³-hybridized carbons (Fsp3) is 1.00. The molecule has 0 rings (SSSR count). The Morgan fingerprint density at radius 3 is 2.20 bits per heavy atom. The average Bonchev–Trinajstić information content (AvgIpc) is 2.32. The van der Waals surface area contributed by atoms with Crippen molar-refractivity contribution < 1.29 is 4.74 Å². The van der Waals surface area contributed by atoms with Gasteiger partial charge in [0.1, 0.15) is 0 Å². The topological polar surface area (TPSA) is 24.5 Å². The normalized spacial score (nSPS) is 12.6. The summed E-state index contributed by atoms with van der Waals surface area (Å²) in [7, 11) is 1.79. The fourth-order valence-corrected chi connectivity index (χ4v) is 2.31. The number of methoxy groups -OCH3 is 1. The summed E-state index contributed by atoms with van der Waals surface area (Å²) < 4.78 is 5.20. The van der Waals surface area contributed by atoms with E-state index < -0.39 is 0 Å². The maximum absolute atomic E-state index is 5.20. The van der Waals surface area contributed by atoms with Crippen LogP contribution in [-0.4, -0.2) is 50.3 Å². The van der Waals surface area contributed by atoms with Gasteiger partial charge in [0.05, 0.1) is 6.61 Å². The molecule has 0 fully saturated rings. The first-order valence-electron chi connectivity index (χ1n) is 8.31. The molecule has 0 aromatic rings. The van der Waals surface area contributed by atoms with Gasteiger partial charge in [-0.1, -0.05) is 26.7 Å². The molecular formula is C17H38N2O. The fourth-order valence-electron chi connectivity index (χ4n) is 2.31. The highest BCUT2D eigenvalue weighted by Crippen LogP contribution is 2.05. The Kier molecular flexibility index (Phi) is 11.5. The zero-order valence-electron chi connectivity index (χ0n) is 14.8. The van der Waals surface area contributed by atoms with Gasteiger partial charge in [-0.3, -0.25) is 0 Å². The van der Waals surface area contributed by atoms with E-state index in [1.165, 1.54) is 38.8 Å². The molecule has 20 heavy (non-hydrogen) atoms. The largest absolute Gasteiger partial charge is 0.383 e. The molecule has 0 aromatic heterocycles. The second-order valence-corrected chi connectivity index (χ2v) is 7.28. The molecule has 122 valence electrons. The van der Waals surface area contributed by atoms with Crippen LogP contribution in [-0.2, 0) is 4.74 Å². The minimum absolute atomic E-state index is 0.258. The van der Waals surface area contributed by atoms with Gasteiger partial charge in [-0.2, -0.15) is 0 Å². The summed E-state index contributed by atoms with van der Waals surface area (Å²) in [6.07, 6.45) is 5.28. The lowest BCUT2D eigenvalue weighted by Gasteiger charge is -2.24. The number of hydrogen-bond acceptors (Lipinski definition) is 3. The molecule has 0 saturated heterocycles. The Morgan fingerprint density at radius 2 is 1.65 bits per heavy atom. The smallest absolute Gasteiger partial charge is 0.0589 e. The zero-order chi connectivity index (χ0) is 15.4. The van der Waals surface area contributed by atoms with Crippen molar-refractivity contribution in [2.75, 3.05) is 39.9 Å². The van der Waals surface area contributed by atoms with Crippen molar-refractivity contribution in [3.63, 3.8) is 0 Å². The number of nitrogens with zero attached hydrogens (tertiary/aromatic N) is 1. The lowest BCUT2D eigenvalue weighted by molar-refractivity contribution is 0.138. The van der Waals surface area contributed by atoms with Crippen molar-refractivity contribution in [1.82, 2.24) is 10.2 Å². The van der Waals surface area contributed by atoms with Gasteiger partial charge >= 0.3 is 0 Å². The van der Waals surface area contributed by atoms with Crippen molar-refractivity contribution in [3.8, 4) is 0 Å². The van der Waals surface area contributed by atoms with E-state index in [2.05, 4.69) is 44.8 Å². The third kappa shape index (κ3) is 14.3. The first-order valence-corrected chi connectivity index (χ1v) is 8.31. The van der Waals surface area contributed by atoms with Crippen molar-refractivity contribution >= 4 is 0 Å². The van der Waals surface area contributed by atoms with Crippen molar-refractivity contribution in [2.24, 2.45) is 5.92 Å². The van der Waals surface area contributed by atoms with Crippen LogP contribution in [0, 0.1) is 5.92 Å². The lowest BCUT2D eigenvalue weighted by Crippen LogP contribution is -2.36. The van der Waals surface area contributed by atoms with E-state index >= 15 is 0 Å². The van der Waals surface area contributed by atoms with E-state index in [1.807, 2.05) is 0 Å². The number of unbranched alkanes of at least 4 members (excludes halogenated alkanes) is 3. The predicted octanol–water partition coefficient (Wildman–Crippen LogP) is 3.54. The summed E-state index contributed by atoms with van der Waals surface area (Å²) in [5.74, 6) is 0.739. The molecule has 3 nitrogen and oxygen atoms in total. The van der Waals surface area contributed by atoms with Gasteiger partial charge in [0.15, 0.2) is 0 Å². The summed E-state index contributed by atoms with van der Waals surface area (Å²) >= 11 is 0. The first-order chi connectivity index (χ1) is 9.35. The SMILES string of the molecule is COCCN(CCCCCCNC(C)(C)C)CC(C)C. The van der Waals surface area contributed by atoms with Crippen molar-refractivity contribution in [1.29, 1.82) is 0 Å². The molecule has 0 heterocycles. The molecule has 0 radical (unpaired) electrons. The molecule has 0 bridgehead atoms. The van der Waals surface area contributed by atoms with Crippen LogP contribution in [0.3, 0.4) is 0 Å². The van der Waals surface area contributed by atoms with E-state index in [0.717, 1.165) is 25.6 Å². The molecule has 0 spiro atoms. The third-order valence-corrected chi connectivity index (χ3v) is 3.29. The lowest BCUT2D eigenvalue weighted by atomic mass is 10.1. The van der Waals surface area contributed by atoms with E-state index in [0.29, 0.717) is 0 Å². The number of ether oxygens (including phenoxy) is 1. The molecule has 0 aromatic carbocycles. The third-order valence-electron chi connectivity index (χ3n) is 3.29. The molecule has 0 saturated carbocycles. The molecule has 0 aliphatic carbocycles. The summed E-state index contributed by atoms with van der Waals surface area (Å²) in [6, 6.07) is 0. The van der Waals surface area contributed by atoms with Crippen molar-refractivity contribution in [2.45, 2.75) is 65.8 Å². The second kappa shape index (κ2) is 11.5. The molecule has 0 unspecified atom stereocenters. The monoisotopic (exact) mass is 286 g/mol. The van der Waals surface area contributed by atoms with Crippen LogP contribution in [0.4, 0.5) is 0 Å². The minimum atomic E-state index is 0.258. The molecule has 0 aliphatic heterocycles. The summed E-state index contributed by atoms with van der Waals surface area (Å²) in [5, 5.41) is 3.55. The summed E-state index contributed by atoms with van der Waals surface area (Å²) in [6.45, 7) is 16.7. The van der Waals surface area contributed by atoms with Gasteiger partial charge in [-0.25, -0.2) is 0 Å². The van der Waals surface area contributed by atoms with E-state index in [1.54, 1.807) is 7.11 Å². The maximum Gasteiger partial charge on any atom is 0.0589 e. The maximum atomic E-state index is 5.20. The highest BCUT2D eigenvalue weighted by molar-refractivity contribution is 4.69. The van der Waals surface area contributed by atoms with Crippen LogP contribution in [0.15, 0.2) is 0 Å². The highest BCUT2D eigenvalue weighted by Gasteiger charge is 2.08. The van der Waals surface area contributed by atoms with E-state index in [4.69, 9.17) is 4.74 Å². The van der Waals surface area contributed by atoms with Crippen LogP contribution < -0.4 is 5.32 Å². The van der Waals surface area contributed by atoms with Crippen LogP contribution in [0.25, 0.3) is 0 Å². The molecule has 3 heteroatoms. The Hall–Kier alpha value is -0.120. The molecule has 0 amide bonds. The zero-order valence-corrected chi connectivity index (χ0v) is 14.8. The van der Waals surface area contributed by atoms with Crippen molar-refractivity contribution in [3.05, 3.63) is 0 Å². The van der Waals surface area contributed by atoms with Crippen LogP contribution >= 0.6 is 0 Å². The Morgan fingerprint density at radius 1 is 1.00 bits per heavy atom. The van der Waals surface area contributed by atoms with Gasteiger partial charge in [-0.05, 0) is 52.6 Å². The van der Waals surface area contributed by atoms with Gasteiger partial charge < -0.3 is 15.0 Å². The van der Waals surface area contributed by atoms with Gasteiger partial charge in [-0.15, -0.1) is 0 Å². The highest BCUT2D eigenvalue weighted by atomic mass is 16.5.